The quantitative estimate of drug-likeness (QED) is 0.500. The molecule has 1 aliphatic rings. The number of hydrogen-bond donors (Lipinski definition) is 2. The summed E-state index contributed by atoms with van der Waals surface area (Å²) in [6.45, 7) is 3.90. The molecule has 1 aliphatic heterocycles. The second kappa shape index (κ2) is 12.8. The summed E-state index contributed by atoms with van der Waals surface area (Å²) in [7, 11) is 3.55. The normalized spacial score (nSPS) is 12.2. The van der Waals surface area contributed by atoms with Gasteiger partial charge in [0.25, 0.3) is 0 Å². The number of allylic oxidation sites excluding steroid dienone is 2. The Morgan fingerprint density at radius 3 is 2.90 bits per heavy atom. The molecule has 0 saturated heterocycles. The van der Waals surface area contributed by atoms with Gasteiger partial charge in [0, 0.05) is 31.2 Å². The highest BCUT2D eigenvalue weighted by Gasteiger charge is 2.08. The van der Waals surface area contributed by atoms with Gasteiger partial charge >= 0.3 is 0 Å². The molecule has 0 spiro atoms. The summed E-state index contributed by atoms with van der Waals surface area (Å²) >= 11 is 4.73. The van der Waals surface area contributed by atoms with E-state index in [1.165, 1.54) is 5.49 Å². The lowest BCUT2D eigenvalue weighted by Crippen LogP contribution is -2.04. The minimum absolute atomic E-state index is 0.398. The number of anilines is 2. The number of pyridine rings is 1. The van der Waals surface area contributed by atoms with Crippen molar-refractivity contribution in [1.29, 1.82) is 0 Å². The summed E-state index contributed by atoms with van der Waals surface area (Å²) in [5.74, 6) is 2.69. The lowest BCUT2D eigenvalue weighted by Gasteiger charge is -2.09. The SMILES string of the molecule is C=NC1=NC=CCC=C1OCc1ccnc(NC=S)c1.CNc1cccc(OC)c1. The lowest BCUT2D eigenvalue weighted by molar-refractivity contribution is 0.216. The molecular weight excluding hydrogens is 398 g/mol. The standard InChI is InChI=1S/C14H14N4OS.C8H11NO/c1-15-14-12(4-2-3-6-17-14)19-9-11-5-7-16-13(8-11)18-10-20;1-9-7-4-3-5-8(6-7)10-2/h3-8,10H,1-2,9H2,(H,16,18,20);3-6,9H,1-2H3. The van der Waals surface area contributed by atoms with Gasteiger partial charge in [-0.15, -0.1) is 0 Å². The van der Waals surface area contributed by atoms with Crippen molar-refractivity contribution in [2.45, 2.75) is 13.0 Å². The first-order chi connectivity index (χ1) is 14.7. The predicted molar refractivity (Wildman–Crippen MR) is 128 cm³/mol. The van der Waals surface area contributed by atoms with E-state index in [-0.39, 0.29) is 0 Å². The number of ether oxygens (including phenoxy) is 2. The van der Waals surface area contributed by atoms with Crippen molar-refractivity contribution in [3.8, 4) is 5.75 Å². The van der Waals surface area contributed by atoms with Crippen molar-refractivity contribution in [3.63, 3.8) is 0 Å². The number of amidine groups is 1. The molecule has 1 aromatic carbocycles. The van der Waals surface area contributed by atoms with Crippen molar-refractivity contribution in [2.75, 3.05) is 24.8 Å². The molecule has 3 rings (SSSR count). The molecule has 7 nitrogen and oxygen atoms in total. The number of rotatable bonds is 7. The Morgan fingerprint density at radius 1 is 1.30 bits per heavy atom. The Morgan fingerprint density at radius 2 is 2.17 bits per heavy atom. The third-order valence-corrected chi connectivity index (χ3v) is 4.01. The second-order valence-electron chi connectivity index (χ2n) is 5.88. The van der Waals surface area contributed by atoms with E-state index in [2.05, 4.69) is 32.3 Å². The van der Waals surface area contributed by atoms with Crippen LogP contribution in [0.1, 0.15) is 12.0 Å². The summed E-state index contributed by atoms with van der Waals surface area (Å²) in [5.41, 5.74) is 3.46. The fraction of sp³-hybridized carbons (Fsp3) is 0.182. The van der Waals surface area contributed by atoms with Gasteiger partial charge in [0.05, 0.1) is 12.6 Å². The maximum absolute atomic E-state index is 5.75. The van der Waals surface area contributed by atoms with Crippen LogP contribution in [0.4, 0.5) is 11.5 Å². The van der Waals surface area contributed by atoms with Crippen LogP contribution in [0.2, 0.25) is 0 Å². The molecule has 156 valence electrons. The first-order valence-electron chi connectivity index (χ1n) is 9.20. The maximum atomic E-state index is 5.75. The van der Waals surface area contributed by atoms with Crippen LogP contribution in [0.3, 0.4) is 0 Å². The third kappa shape index (κ3) is 7.48. The van der Waals surface area contributed by atoms with E-state index in [9.17, 15) is 0 Å². The molecule has 0 atom stereocenters. The molecule has 0 aliphatic carbocycles. The molecule has 0 radical (unpaired) electrons. The van der Waals surface area contributed by atoms with E-state index in [0.717, 1.165) is 23.4 Å². The van der Waals surface area contributed by atoms with E-state index in [1.54, 1.807) is 19.5 Å². The highest BCUT2D eigenvalue weighted by atomic mass is 32.1. The molecule has 1 aromatic heterocycles. The van der Waals surface area contributed by atoms with Gasteiger partial charge in [0.2, 0.25) is 0 Å². The van der Waals surface area contributed by atoms with Crippen molar-refractivity contribution in [2.24, 2.45) is 9.98 Å². The number of nitrogens with zero attached hydrogens (tertiary/aromatic N) is 3. The van der Waals surface area contributed by atoms with Crippen molar-refractivity contribution in [1.82, 2.24) is 4.98 Å². The smallest absolute Gasteiger partial charge is 0.194 e. The topological polar surface area (TPSA) is 80.1 Å². The van der Waals surface area contributed by atoms with Gasteiger partial charge in [-0.05, 0) is 49.0 Å². The summed E-state index contributed by atoms with van der Waals surface area (Å²) in [6.07, 6.45) is 8.00. The minimum Gasteiger partial charge on any atom is -0.497 e. The number of methoxy groups -OCH3 is 1. The minimum atomic E-state index is 0.398. The summed E-state index contributed by atoms with van der Waals surface area (Å²) < 4.78 is 10.8. The van der Waals surface area contributed by atoms with Crippen LogP contribution < -0.4 is 15.4 Å². The third-order valence-electron chi connectivity index (χ3n) is 3.90. The molecule has 0 amide bonds. The molecule has 2 heterocycles. The van der Waals surface area contributed by atoms with Crippen molar-refractivity contribution >= 4 is 41.8 Å². The van der Waals surface area contributed by atoms with Gasteiger partial charge in [-0.2, -0.15) is 0 Å². The van der Waals surface area contributed by atoms with E-state index < -0.39 is 0 Å². The molecule has 0 unspecified atom stereocenters. The first-order valence-corrected chi connectivity index (χ1v) is 9.67. The number of nitrogens with one attached hydrogen (secondary N) is 2. The molecule has 2 aromatic rings. The zero-order valence-electron chi connectivity index (χ0n) is 17.0. The molecule has 8 heteroatoms. The van der Waals surface area contributed by atoms with Crippen LogP contribution >= 0.6 is 12.2 Å². The van der Waals surface area contributed by atoms with Gasteiger partial charge in [-0.1, -0.05) is 24.4 Å². The van der Waals surface area contributed by atoms with Crippen molar-refractivity contribution in [3.05, 3.63) is 72.3 Å². The van der Waals surface area contributed by atoms with Gasteiger partial charge < -0.3 is 20.1 Å². The van der Waals surface area contributed by atoms with Crippen LogP contribution in [0, 0.1) is 0 Å². The monoisotopic (exact) mass is 423 g/mol. The van der Waals surface area contributed by atoms with Crippen LogP contribution in [-0.2, 0) is 11.3 Å². The van der Waals surface area contributed by atoms with Crippen molar-refractivity contribution < 1.29 is 9.47 Å². The fourth-order valence-electron chi connectivity index (χ4n) is 2.40. The Balaban J connectivity index is 0.000000269. The number of aliphatic imine (C=N–C) groups is 2. The van der Waals surface area contributed by atoms with Gasteiger partial charge in [-0.25, -0.2) is 15.0 Å². The zero-order valence-corrected chi connectivity index (χ0v) is 17.9. The average Bonchev–Trinajstić information content (AvgIpc) is 3.03. The van der Waals surface area contributed by atoms with Crippen LogP contribution in [0.15, 0.2) is 76.7 Å². The Bertz CT molecular complexity index is 921. The summed E-state index contributed by atoms with van der Waals surface area (Å²) in [6, 6.07) is 11.5. The zero-order chi connectivity index (χ0) is 21.6. The summed E-state index contributed by atoms with van der Waals surface area (Å²) in [5, 5.41) is 5.88. The summed E-state index contributed by atoms with van der Waals surface area (Å²) in [4.78, 5) is 12.1. The highest BCUT2D eigenvalue weighted by molar-refractivity contribution is 7.79. The molecule has 2 N–H and O–H groups in total. The predicted octanol–water partition coefficient (Wildman–Crippen LogP) is 4.60. The number of hydrogen-bond acceptors (Lipinski definition) is 7. The lowest BCUT2D eigenvalue weighted by atomic mass is 10.2. The molecular formula is C22H25N5O2S. The molecule has 0 fully saturated rings. The van der Waals surface area contributed by atoms with E-state index in [1.807, 2.05) is 55.6 Å². The first kappa shape index (κ1) is 22.8. The Hall–Kier alpha value is -3.52. The number of benzene rings is 1. The second-order valence-corrected chi connectivity index (χ2v) is 6.12. The number of thiocarbonyl (C=S) groups is 1. The molecule has 30 heavy (non-hydrogen) atoms. The highest BCUT2D eigenvalue weighted by Crippen LogP contribution is 2.15. The molecule has 0 saturated carbocycles. The number of aromatic nitrogens is 1. The molecule has 0 bridgehead atoms. The van der Waals surface area contributed by atoms with E-state index >= 15 is 0 Å². The van der Waals surface area contributed by atoms with Gasteiger partial charge in [0.15, 0.2) is 11.6 Å². The Kier molecular flexibility index (Phi) is 9.75. The Labute approximate surface area is 182 Å². The maximum Gasteiger partial charge on any atom is 0.194 e. The average molecular weight is 424 g/mol. The van der Waals surface area contributed by atoms with Gasteiger partial charge in [0.1, 0.15) is 18.2 Å². The van der Waals surface area contributed by atoms with Gasteiger partial charge in [-0.3, -0.25) is 0 Å². The van der Waals surface area contributed by atoms with E-state index in [4.69, 9.17) is 21.7 Å². The fourth-order valence-corrected chi connectivity index (χ4v) is 2.52. The van der Waals surface area contributed by atoms with Crippen LogP contribution in [0.25, 0.3) is 0 Å². The van der Waals surface area contributed by atoms with E-state index in [0.29, 0.717) is 24.0 Å². The van der Waals surface area contributed by atoms with Crippen LogP contribution in [-0.4, -0.2) is 37.2 Å². The largest absolute Gasteiger partial charge is 0.497 e. The van der Waals surface area contributed by atoms with Crippen LogP contribution in [0.5, 0.6) is 5.75 Å².